The van der Waals surface area contributed by atoms with E-state index in [0.29, 0.717) is 26.1 Å². The number of rotatable bonds is 8. The van der Waals surface area contributed by atoms with Crippen molar-refractivity contribution in [2.45, 2.75) is 25.2 Å². The van der Waals surface area contributed by atoms with Gasteiger partial charge in [-0.15, -0.1) is 0 Å². The van der Waals surface area contributed by atoms with Crippen LogP contribution in [0.25, 0.3) is 0 Å². The number of carbonyl (C=O) groups is 2. The van der Waals surface area contributed by atoms with E-state index in [-0.39, 0.29) is 17.4 Å². The molecule has 0 aliphatic carbocycles. The molecule has 0 aliphatic rings. The molecule has 24 heavy (non-hydrogen) atoms. The van der Waals surface area contributed by atoms with Gasteiger partial charge in [0.1, 0.15) is 0 Å². The predicted octanol–water partition coefficient (Wildman–Crippen LogP) is 0.471. The predicted molar refractivity (Wildman–Crippen MR) is 88.8 cm³/mol. The van der Waals surface area contributed by atoms with E-state index in [9.17, 15) is 18.0 Å². The highest BCUT2D eigenvalue weighted by atomic mass is 32.2. The standard InChI is InChI=1S/C15H23N3O5S/c1-3-23-15(20)17-9-11-18(12(2)19)10-8-13-4-6-14(7-5-13)24(16,21)22/h4-7H,3,8-11H2,1-2H3,(H,17,20)(H2,16,21,22). The largest absolute Gasteiger partial charge is 0.450 e. The van der Waals surface area contributed by atoms with Crippen molar-refractivity contribution in [1.29, 1.82) is 0 Å². The number of hydrogen-bond donors (Lipinski definition) is 2. The maximum Gasteiger partial charge on any atom is 0.407 e. The number of nitrogens with zero attached hydrogens (tertiary/aromatic N) is 1. The van der Waals surface area contributed by atoms with Gasteiger partial charge in [0.05, 0.1) is 11.5 Å². The summed E-state index contributed by atoms with van der Waals surface area (Å²) in [6, 6.07) is 6.19. The van der Waals surface area contributed by atoms with E-state index < -0.39 is 16.1 Å². The number of nitrogens with one attached hydrogen (secondary N) is 1. The third kappa shape index (κ3) is 6.97. The molecule has 0 fully saturated rings. The lowest BCUT2D eigenvalue weighted by atomic mass is 10.1. The minimum Gasteiger partial charge on any atom is -0.450 e. The smallest absolute Gasteiger partial charge is 0.407 e. The Hall–Kier alpha value is -2.13. The normalized spacial score (nSPS) is 11.0. The fourth-order valence-electron chi connectivity index (χ4n) is 2.01. The summed E-state index contributed by atoms with van der Waals surface area (Å²) in [4.78, 5) is 24.5. The molecule has 2 amide bonds. The first-order valence-electron chi connectivity index (χ1n) is 7.52. The lowest BCUT2D eigenvalue weighted by molar-refractivity contribution is -0.128. The summed E-state index contributed by atoms with van der Waals surface area (Å²) >= 11 is 0. The highest BCUT2D eigenvalue weighted by Crippen LogP contribution is 2.09. The number of nitrogens with two attached hydrogens (primary N) is 1. The molecule has 0 aliphatic heterocycles. The molecule has 1 aromatic carbocycles. The SMILES string of the molecule is CCOC(=O)NCCN(CCc1ccc(S(N)(=O)=O)cc1)C(C)=O. The Morgan fingerprint density at radius 3 is 2.33 bits per heavy atom. The number of alkyl carbamates (subject to hydrolysis) is 1. The van der Waals surface area contributed by atoms with Gasteiger partial charge < -0.3 is 15.0 Å². The zero-order valence-electron chi connectivity index (χ0n) is 13.8. The molecule has 9 heteroatoms. The van der Waals surface area contributed by atoms with Gasteiger partial charge in [-0.25, -0.2) is 18.4 Å². The van der Waals surface area contributed by atoms with Crippen LogP contribution in [0.15, 0.2) is 29.2 Å². The Bertz CT molecular complexity index is 658. The summed E-state index contributed by atoms with van der Waals surface area (Å²) in [5.41, 5.74) is 0.881. The van der Waals surface area contributed by atoms with E-state index in [1.54, 1.807) is 24.0 Å². The number of sulfonamides is 1. The second-order valence-electron chi connectivity index (χ2n) is 5.09. The molecule has 0 bridgehead atoms. The van der Waals surface area contributed by atoms with Gasteiger partial charge >= 0.3 is 6.09 Å². The Labute approximate surface area is 142 Å². The molecule has 134 valence electrons. The van der Waals surface area contributed by atoms with E-state index >= 15 is 0 Å². The lowest BCUT2D eigenvalue weighted by Gasteiger charge is -2.21. The summed E-state index contributed by atoms with van der Waals surface area (Å²) in [5, 5.41) is 7.60. The zero-order valence-corrected chi connectivity index (χ0v) is 14.6. The molecule has 0 atom stereocenters. The number of benzene rings is 1. The Kier molecular flexibility index (Phi) is 7.66. The van der Waals surface area contributed by atoms with Crippen molar-refractivity contribution >= 4 is 22.0 Å². The Morgan fingerprint density at radius 1 is 1.21 bits per heavy atom. The molecule has 3 N–H and O–H groups in total. The van der Waals surface area contributed by atoms with Crippen LogP contribution in [0.3, 0.4) is 0 Å². The average Bonchev–Trinajstić information content (AvgIpc) is 2.50. The fourth-order valence-corrected chi connectivity index (χ4v) is 2.53. The second kappa shape index (κ2) is 9.24. The van der Waals surface area contributed by atoms with Gasteiger partial charge in [-0.05, 0) is 31.0 Å². The molecule has 0 saturated heterocycles. The van der Waals surface area contributed by atoms with Crippen LogP contribution in [0.5, 0.6) is 0 Å². The van der Waals surface area contributed by atoms with Crippen LogP contribution in [-0.2, 0) is 26.0 Å². The van der Waals surface area contributed by atoms with Gasteiger partial charge in [0.2, 0.25) is 15.9 Å². The third-order valence-electron chi connectivity index (χ3n) is 3.29. The fraction of sp³-hybridized carbons (Fsp3) is 0.467. The van der Waals surface area contributed by atoms with Crippen LogP contribution in [0.2, 0.25) is 0 Å². The van der Waals surface area contributed by atoms with E-state index in [2.05, 4.69) is 5.32 Å². The highest BCUT2D eigenvalue weighted by Gasteiger charge is 2.11. The van der Waals surface area contributed by atoms with Crippen LogP contribution in [0.1, 0.15) is 19.4 Å². The molecule has 8 nitrogen and oxygen atoms in total. The second-order valence-corrected chi connectivity index (χ2v) is 6.65. The molecule has 1 aromatic rings. The van der Waals surface area contributed by atoms with Crippen molar-refractivity contribution in [3.05, 3.63) is 29.8 Å². The van der Waals surface area contributed by atoms with Gasteiger partial charge in [0.15, 0.2) is 0 Å². The van der Waals surface area contributed by atoms with E-state index in [0.717, 1.165) is 5.56 Å². The minimum absolute atomic E-state index is 0.0494. The van der Waals surface area contributed by atoms with Crippen molar-refractivity contribution in [3.8, 4) is 0 Å². The quantitative estimate of drug-likeness (QED) is 0.701. The van der Waals surface area contributed by atoms with Gasteiger partial charge in [-0.2, -0.15) is 0 Å². The molecule has 0 spiro atoms. The number of amides is 2. The summed E-state index contributed by atoms with van der Waals surface area (Å²) in [7, 11) is -3.71. The summed E-state index contributed by atoms with van der Waals surface area (Å²) in [5.74, 6) is -0.109. The highest BCUT2D eigenvalue weighted by molar-refractivity contribution is 7.89. The van der Waals surface area contributed by atoms with Crippen molar-refractivity contribution in [2.24, 2.45) is 5.14 Å². The number of primary sulfonamides is 1. The molecule has 0 heterocycles. The van der Waals surface area contributed by atoms with Crippen LogP contribution in [0.4, 0.5) is 4.79 Å². The van der Waals surface area contributed by atoms with Crippen LogP contribution in [0, 0.1) is 0 Å². The minimum atomic E-state index is -3.71. The van der Waals surface area contributed by atoms with Crippen LogP contribution >= 0.6 is 0 Å². The van der Waals surface area contributed by atoms with Gasteiger partial charge in [0.25, 0.3) is 0 Å². The first-order valence-corrected chi connectivity index (χ1v) is 9.06. The first kappa shape index (κ1) is 19.9. The zero-order chi connectivity index (χ0) is 18.2. The molecular formula is C15H23N3O5S. The maximum absolute atomic E-state index is 11.6. The molecule has 0 unspecified atom stereocenters. The van der Waals surface area contributed by atoms with Gasteiger partial charge in [-0.3, -0.25) is 4.79 Å². The first-order chi connectivity index (χ1) is 11.2. The van der Waals surface area contributed by atoms with E-state index in [4.69, 9.17) is 9.88 Å². The number of hydrogen-bond acceptors (Lipinski definition) is 5. The molecular weight excluding hydrogens is 334 g/mol. The number of ether oxygens (including phenoxy) is 1. The Balaban J connectivity index is 2.51. The number of carbonyl (C=O) groups excluding carboxylic acids is 2. The van der Waals surface area contributed by atoms with Crippen LogP contribution < -0.4 is 10.5 Å². The molecule has 0 saturated carbocycles. The van der Waals surface area contributed by atoms with Crippen molar-refractivity contribution in [2.75, 3.05) is 26.2 Å². The summed E-state index contributed by atoms with van der Waals surface area (Å²) < 4.78 is 27.1. The monoisotopic (exact) mass is 357 g/mol. The van der Waals surface area contributed by atoms with Crippen molar-refractivity contribution in [3.63, 3.8) is 0 Å². The Morgan fingerprint density at radius 2 is 1.83 bits per heavy atom. The molecule has 1 rings (SSSR count). The van der Waals surface area contributed by atoms with Gasteiger partial charge in [-0.1, -0.05) is 12.1 Å². The van der Waals surface area contributed by atoms with Crippen molar-refractivity contribution in [1.82, 2.24) is 10.2 Å². The van der Waals surface area contributed by atoms with E-state index in [1.165, 1.54) is 19.1 Å². The average molecular weight is 357 g/mol. The maximum atomic E-state index is 11.6. The lowest BCUT2D eigenvalue weighted by Crippen LogP contribution is -2.38. The summed E-state index contributed by atoms with van der Waals surface area (Å²) in [6.07, 6.45) is 0.0451. The summed E-state index contributed by atoms with van der Waals surface area (Å²) in [6.45, 7) is 4.56. The van der Waals surface area contributed by atoms with Gasteiger partial charge in [0, 0.05) is 26.6 Å². The van der Waals surface area contributed by atoms with Crippen molar-refractivity contribution < 1.29 is 22.7 Å². The molecule has 0 radical (unpaired) electrons. The molecule has 0 aromatic heterocycles. The van der Waals surface area contributed by atoms with Crippen LogP contribution in [-0.4, -0.2) is 51.6 Å². The van der Waals surface area contributed by atoms with E-state index in [1.807, 2.05) is 0 Å². The third-order valence-corrected chi connectivity index (χ3v) is 4.22. The topological polar surface area (TPSA) is 119 Å².